The van der Waals surface area contributed by atoms with Gasteiger partial charge in [-0.15, -0.1) is 0 Å². The van der Waals surface area contributed by atoms with E-state index in [4.69, 9.17) is 15.3 Å². The summed E-state index contributed by atoms with van der Waals surface area (Å²) in [6, 6.07) is 0. The molecule has 0 rings (SSSR count). The molecule has 0 spiro atoms. The first-order valence-electron chi connectivity index (χ1n) is 6.68. The molecular weight excluding hydrogens is 234 g/mol. The molecule has 0 aliphatic rings. The van der Waals surface area contributed by atoms with Crippen LogP contribution in [0.15, 0.2) is 0 Å². The monoisotopic (exact) mass is 263 g/mol. The van der Waals surface area contributed by atoms with Gasteiger partial charge < -0.3 is 20.6 Å². The Kier molecular flexibility index (Phi) is 17.9. The van der Waals surface area contributed by atoms with Crippen molar-refractivity contribution in [3.8, 4) is 0 Å². The lowest BCUT2D eigenvalue weighted by Gasteiger charge is -2.02. The minimum atomic E-state index is -0.672. The predicted molar refractivity (Wildman–Crippen MR) is 72.6 cm³/mol. The lowest BCUT2D eigenvalue weighted by Crippen LogP contribution is -2.21. The number of aliphatic hydroxyl groups is 2. The van der Waals surface area contributed by atoms with Gasteiger partial charge in [-0.05, 0) is 12.3 Å². The van der Waals surface area contributed by atoms with E-state index in [0.717, 1.165) is 18.8 Å². The predicted octanol–water partition coefficient (Wildman–Crippen LogP) is 1.24. The summed E-state index contributed by atoms with van der Waals surface area (Å²) in [5.74, 6) is 0.0781. The Labute approximate surface area is 110 Å². The van der Waals surface area contributed by atoms with Crippen molar-refractivity contribution in [2.24, 2.45) is 5.92 Å². The Balaban J connectivity index is 0. The molecule has 0 atom stereocenters. The van der Waals surface area contributed by atoms with Gasteiger partial charge in [0, 0.05) is 19.5 Å². The topological polar surface area (TPSA) is 89.8 Å². The van der Waals surface area contributed by atoms with Crippen LogP contribution in [0.25, 0.3) is 0 Å². The SMILES string of the molecule is CC(C)CCCCCC(=O)O.OCCNCCO. The average molecular weight is 263 g/mol. The van der Waals surface area contributed by atoms with Gasteiger partial charge in [-0.25, -0.2) is 0 Å². The summed E-state index contributed by atoms with van der Waals surface area (Å²) in [5.41, 5.74) is 0. The zero-order valence-electron chi connectivity index (χ0n) is 11.7. The minimum Gasteiger partial charge on any atom is -0.481 e. The molecule has 0 aliphatic heterocycles. The lowest BCUT2D eigenvalue weighted by atomic mass is 10.0. The first kappa shape index (κ1) is 19.7. The van der Waals surface area contributed by atoms with Crippen LogP contribution >= 0.6 is 0 Å². The second kappa shape index (κ2) is 16.4. The molecule has 0 heterocycles. The normalized spacial score (nSPS) is 10.1. The van der Waals surface area contributed by atoms with Crippen LogP contribution in [-0.2, 0) is 4.79 Å². The van der Waals surface area contributed by atoms with Crippen LogP contribution < -0.4 is 5.32 Å². The van der Waals surface area contributed by atoms with Crippen molar-refractivity contribution in [1.29, 1.82) is 0 Å². The molecule has 18 heavy (non-hydrogen) atoms. The number of carbonyl (C=O) groups is 1. The molecule has 0 unspecified atom stereocenters. The highest BCUT2D eigenvalue weighted by Crippen LogP contribution is 2.08. The maximum absolute atomic E-state index is 10.1. The number of aliphatic carboxylic acids is 1. The number of hydrogen-bond donors (Lipinski definition) is 4. The number of hydrogen-bond acceptors (Lipinski definition) is 4. The number of aliphatic hydroxyl groups excluding tert-OH is 2. The highest BCUT2D eigenvalue weighted by molar-refractivity contribution is 5.66. The fourth-order valence-electron chi connectivity index (χ4n) is 1.29. The first-order chi connectivity index (χ1) is 8.54. The summed E-state index contributed by atoms with van der Waals surface area (Å²) in [5, 5.41) is 27.4. The smallest absolute Gasteiger partial charge is 0.303 e. The van der Waals surface area contributed by atoms with Crippen molar-refractivity contribution in [3.05, 3.63) is 0 Å². The Hall–Kier alpha value is -0.650. The number of carboxylic acids is 1. The summed E-state index contributed by atoms with van der Waals surface area (Å²) in [4.78, 5) is 10.1. The van der Waals surface area contributed by atoms with E-state index in [2.05, 4.69) is 19.2 Å². The molecule has 0 bridgehead atoms. The first-order valence-corrected chi connectivity index (χ1v) is 6.68. The maximum Gasteiger partial charge on any atom is 0.303 e. The van der Waals surface area contributed by atoms with Crippen molar-refractivity contribution >= 4 is 5.97 Å². The molecule has 110 valence electrons. The van der Waals surface area contributed by atoms with Crippen molar-refractivity contribution in [2.45, 2.75) is 46.0 Å². The number of nitrogens with one attached hydrogen (secondary N) is 1. The van der Waals surface area contributed by atoms with Crippen molar-refractivity contribution in [2.75, 3.05) is 26.3 Å². The molecule has 5 nitrogen and oxygen atoms in total. The summed E-state index contributed by atoms with van der Waals surface area (Å²) >= 11 is 0. The molecule has 5 heteroatoms. The third kappa shape index (κ3) is 24.5. The summed E-state index contributed by atoms with van der Waals surface area (Å²) in [7, 11) is 0. The van der Waals surface area contributed by atoms with E-state index in [-0.39, 0.29) is 13.2 Å². The second-order valence-corrected chi connectivity index (χ2v) is 4.58. The van der Waals surface area contributed by atoms with Crippen LogP contribution in [0.4, 0.5) is 0 Å². The molecule has 0 aromatic heterocycles. The van der Waals surface area contributed by atoms with E-state index in [0.29, 0.717) is 19.5 Å². The third-order valence-corrected chi connectivity index (χ3v) is 2.25. The van der Waals surface area contributed by atoms with Gasteiger partial charge in [-0.1, -0.05) is 33.1 Å². The van der Waals surface area contributed by atoms with Gasteiger partial charge in [0.2, 0.25) is 0 Å². The molecule has 0 fully saturated rings. The fraction of sp³-hybridized carbons (Fsp3) is 0.923. The molecular formula is C13H29NO4. The van der Waals surface area contributed by atoms with Crippen LogP contribution in [0.3, 0.4) is 0 Å². The van der Waals surface area contributed by atoms with E-state index < -0.39 is 5.97 Å². The Morgan fingerprint density at radius 1 is 1.06 bits per heavy atom. The zero-order valence-corrected chi connectivity index (χ0v) is 11.7. The van der Waals surface area contributed by atoms with Gasteiger partial charge in [0.1, 0.15) is 0 Å². The van der Waals surface area contributed by atoms with Crippen molar-refractivity contribution < 1.29 is 20.1 Å². The van der Waals surface area contributed by atoms with E-state index in [1.54, 1.807) is 0 Å². The van der Waals surface area contributed by atoms with Crippen LogP contribution in [0.2, 0.25) is 0 Å². The molecule has 0 aromatic rings. The standard InChI is InChI=1S/C9H18O2.C4H11NO2/c1-8(2)6-4-3-5-7-9(10)11;6-3-1-5-2-4-7/h8H,3-7H2,1-2H3,(H,10,11);5-7H,1-4H2. The number of carboxylic acid groups (broad SMARTS) is 1. The highest BCUT2D eigenvalue weighted by atomic mass is 16.4. The quantitative estimate of drug-likeness (QED) is 0.445. The number of unbranched alkanes of at least 4 members (excludes halogenated alkanes) is 2. The summed E-state index contributed by atoms with van der Waals surface area (Å²) in [6.07, 6.45) is 4.62. The average Bonchev–Trinajstić information content (AvgIpc) is 2.29. The largest absolute Gasteiger partial charge is 0.481 e. The molecule has 0 radical (unpaired) electrons. The van der Waals surface area contributed by atoms with E-state index in [9.17, 15) is 4.79 Å². The maximum atomic E-state index is 10.1. The molecule has 0 amide bonds. The lowest BCUT2D eigenvalue weighted by molar-refractivity contribution is -0.137. The zero-order chi connectivity index (χ0) is 14.2. The van der Waals surface area contributed by atoms with Gasteiger partial charge in [0.25, 0.3) is 0 Å². The highest BCUT2D eigenvalue weighted by Gasteiger charge is 1.97. The molecule has 0 saturated heterocycles. The van der Waals surface area contributed by atoms with Crippen LogP contribution in [0, 0.1) is 5.92 Å². The van der Waals surface area contributed by atoms with Gasteiger partial charge >= 0.3 is 5.97 Å². The van der Waals surface area contributed by atoms with Gasteiger partial charge in [-0.3, -0.25) is 4.79 Å². The molecule has 4 N–H and O–H groups in total. The van der Waals surface area contributed by atoms with Crippen molar-refractivity contribution in [1.82, 2.24) is 5.32 Å². The second-order valence-electron chi connectivity index (χ2n) is 4.58. The van der Waals surface area contributed by atoms with E-state index in [1.807, 2.05) is 0 Å². The molecule has 0 aromatic carbocycles. The van der Waals surface area contributed by atoms with Crippen LogP contribution in [-0.4, -0.2) is 47.6 Å². The van der Waals surface area contributed by atoms with Crippen molar-refractivity contribution in [3.63, 3.8) is 0 Å². The van der Waals surface area contributed by atoms with E-state index in [1.165, 1.54) is 12.8 Å². The Morgan fingerprint density at radius 2 is 1.61 bits per heavy atom. The molecule has 0 saturated carbocycles. The Bertz CT molecular complexity index is 170. The fourth-order valence-corrected chi connectivity index (χ4v) is 1.29. The Morgan fingerprint density at radius 3 is 2.00 bits per heavy atom. The van der Waals surface area contributed by atoms with E-state index >= 15 is 0 Å². The van der Waals surface area contributed by atoms with Gasteiger partial charge in [0.05, 0.1) is 13.2 Å². The minimum absolute atomic E-state index is 0.139. The summed E-state index contributed by atoms with van der Waals surface area (Å²) < 4.78 is 0. The van der Waals surface area contributed by atoms with Gasteiger partial charge in [-0.2, -0.15) is 0 Å². The van der Waals surface area contributed by atoms with Gasteiger partial charge in [0.15, 0.2) is 0 Å². The third-order valence-electron chi connectivity index (χ3n) is 2.25. The summed E-state index contributed by atoms with van der Waals surface area (Å²) in [6.45, 7) is 5.80. The van der Waals surface area contributed by atoms with Crippen LogP contribution in [0.1, 0.15) is 46.0 Å². The van der Waals surface area contributed by atoms with Crippen LogP contribution in [0.5, 0.6) is 0 Å². The number of rotatable bonds is 10. The molecule has 0 aliphatic carbocycles.